The lowest BCUT2D eigenvalue weighted by molar-refractivity contribution is -0.115. The summed E-state index contributed by atoms with van der Waals surface area (Å²) in [6.07, 6.45) is 6.91. The average molecular weight is 411 g/mol. The van der Waals surface area contributed by atoms with Crippen molar-refractivity contribution in [2.24, 2.45) is 0 Å². The van der Waals surface area contributed by atoms with E-state index in [9.17, 15) is 9.59 Å². The number of carbonyl (C=O) groups excluding carboxylic acids is 2. The fourth-order valence-electron chi connectivity index (χ4n) is 3.13. The molecule has 2 N–H and O–H groups in total. The fourth-order valence-corrected chi connectivity index (χ4v) is 3.13. The van der Waals surface area contributed by atoms with Crippen LogP contribution in [0.1, 0.15) is 21.5 Å². The van der Waals surface area contributed by atoms with Gasteiger partial charge in [0.1, 0.15) is 0 Å². The van der Waals surface area contributed by atoms with Gasteiger partial charge in [-0.15, -0.1) is 0 Å². The first-order valence-electron chi connectivity index (χ1n) is 9.79. The summed E-state index contributed by atoms with van der Waals surface area (Å²) in [5.41, 5.74) is 4.32. The SMILES string of the molecule is Cc1cncc(NC(=O)c2cccc(-n3cc(NC(=O)Cc4ccccc4)cn3)c2)c1. The summed E-state index contributed by atoms with van der Waals surface area (Å²) in [5, 5.41) is 9.99. The average Bonchev–Trinajstić information content (AvgIpc) is 3.23. The Morgan fingerprint density at radius 3 is 2.55 bits per heavy atom. The van der Waals surface area contributed by atoms with E-state index in [0.717, 1.165) is 11.1 Å². The number of benzene rings is 2. The van der Waals surface area contributed by atoms with Crippen LogP contribution in [0, 0.1) is 6.92 Å². The number of anilines is 2. The van der Waals surface area contributed by atoms with Gasteiger partial charge in [-0.3, -0.25) is 14.6 Å². The minimum absolute atomic E-state index is 0.120. The van der Waals surface area contributed by atoms with Gasteiger partial charge in [0.25, 0.3) is 5.91 Å². The third-order valence-corrected chi connectivity index (χ3v) is 4.58. The van der Waals surface area contributed by atoms with Crippen LogP contribution in [0.4, 0.5) is 11.4 Å². The molecule has 2 aromatic carbocycles. The molecule has 0 radical (unpaired) electrons. The number of nitrogens with one attached hydrogen (secondary N) is 2. The van der Waals surface area contributed by atoms with Gasteiger partial charge in [-0.2, -0.15) is 5.10 Å². The zero-order chi connectivity index (χ0) is 21.6. The lowest BCUT2D eigenvalue weighted by Gasteiger charge is -2.07. The Morgan fingerprint density at radius 1 is 0.903 bits per heavy atom. The van der Waals surface area contributed by atoms with Gasteiger partial charge < -0.3 is 10.6 Å². The Bertz CT molecular complexity index is 1220. The normalized spacial score (nSPS) is 10.5. The van der Waals surface area contributed by atoms with E-state index in [1.165, 1.54) is 0 Å². The number of aryl methyl sites for hydroxylation is 1. The third-order valence-electron chi connectivity index (χ3n) is 4.58. The number of rotatable bonds is 6. The van der Waals surface area contributed by atoms with Gasteiger partial charge in [-0.1, -0.05) is 36.4 Å². The Morgan fingerprint density at radius 2 is 1.74 bits per heavy atom. The van der Waals surface area contributed by atoms with Crippen LogP contribution in [0.3, 0.4) is 0 Å². The van der Waals surface area contributed by atoms with E-state index < -0.39 is 0 Å². The third kappa shape index (κ3) is 5.22. The quantitative estimate of drug-likeness (QED) is 0.502. The summed E-state index contributed by atoms with van der Waals surface area (Å²) in [5.74, 6) is -0.358. The van der Waals surface area contributed by atoms with Crippen molar-refractivity contribution in [3.63, 3.8) is 0 Å². The van der Waals surface area contributed by atoms with Gasteiger partial charge in [-0.25, -0.2) is 4.68 Å². The second-order valence-corrected chi connectivity index (χ2v) is 7.14. The molecule has 4 aromatic rings. The molecule has 0 aliphatic carbocycles. The molecule has 2 amide bonds. The maximum absolute atomic E-state index is 12.6. The molecule has 0 unspecified atom stereocenters. The minimum Gasteiger partial charge on any atom is -0.323 e. The van der Waals surface area contributed by atoms with Gasteiger partial charge in [-0.05, 0) is 42.3 Å². The highest BCUT2D eigenvalue weighted by atomic mass is 16.2. The topological polar surface area (TPSA) is 88.9 Å². The number of hydrogen-bond donors (Lipinski definition) is 2. The molecular formula is C24H21N5O2. The second-order valence-electron chi connectivity index (χ2n) is 7.14. The monoisotopic (exact) mass is 411 g/mol. The first-order valence-corrected chi connectivity index (χ1v) is 9.79. The molecule has 0 spiro atoms. The molecule has 0 saturated heterocycles. The van der Waals surface area contributed by atoms with Crippen molar-refractivity contribution in [2.45, 2.75) is 13.3 Å². The van der Waals surface area contributed by atoms with Crippen LogP contribution >= 0.6 is 0 Å². The maximum Gasteiger partial charge on any atom is 0.255 e. The Kier molecular flexibility index (Phi) is 5.84. The summed E-state index contributed by atoms with van der Waals surface area (Å²) in [4.78, 5) is 29.0. The molecule has 154 valence electrons. The summed E-state index contributed by atoms with van der Waals surface area (Å²) < 4.78 is 1.61. The van der Waals surface area contributed by atoms with Gasteiger partial charge in [0, 0.05) is 11.8 Å². The van der Waals surface area contributed by atoms with Crippen molar-refractivity contribution in [3.8, 4) is 5.69 Å². The van der Waals surface area contributed by atoms with E-state index in [1.807, 2.05) is 49.4 Å². The fraction of sp³-hybridized carbons (Fsp3) is 0.0833. The van der Waals surface area contributed by atoms with E-state index >= 15 is 0 Å². The van der Waals surface area contributed by atoms with Crippen molar-refractivity contribution in [1.29, 1.82) is 0 Å². The van der Waals surface area contributed by atoms with Crippen LogP contribution in [0.15, 0.2) is 85.5 Å². The van der Waals surface area contributed by atoms with Crippen molar-refractivity contribution in [3.05, 3.63) is 102 Å². The molecule has 0 aliphatic heterocycles. The van der Waals surface area contributed by atoms with E-state index in [4.69, 9.17) is 0 Å². The van der Waals surface area contributed by atoms with Crippen LogP contribution in [-0.4, -0.2) is 26.6 Å². The lowest BCUT2D eigenvalue weighted by Crippen LogP contribution is -2.14. The molecular weight excluding hydrogens is 390 g/mol. The highest BCUT2D eigenvalue weighted by Gasteiger charge is 2.10. The largest absolute Gasteiger partial charge is 0.323 e. The Labute approximate surface area is 179 Å². The van der Waals surface area contributed by atoms with Crippen molar-refractivity contribution in [1.82, 2.24) is 14.8 Å². The summed E-state index contributed by atoms with van der Waals surface area (Å²) in [7, 11) is 0. The Hall–Kier alpha value is -4.26. The number of aromatic nitrogens is 3. The van der Waals surface area contributed by atoms with E-state index in [1.54, 1.807) is 47.7 Å². The first kappa shape index (κ1) is 20.0. The maximum atomic E-state index is 12.6. The molecule has 0 fully saturated rings. The summed E-state index contributed by atoms with van der Waals surface area (Å²) in [6, 6.07) is 18.5. The number of pyridine rings is 1. The zero-order valence-electron chi connectivity index (χ0n) is 16.9. The molecule has 2 heterocycles. The standard InChI is InChI=1S/C24H21N5O2/c1-17-10-20(14-25-13-17)28-24(31)19-8-5-9-22(12-19)29-16-21(15-26-29)27-23(30)11-18-6-3-2-4-7-18/h2-10,12-16H,11H2,1H3,(H,27,30)(H,28,31). The van der Waals surface area contributed by atoms with Crippen LogP contribution in [0.25, 0.3) is 5.69 Å². The lowest BCUT2D eigenvalue weighted by atomic mass is 10.1. The van der Waals surface area contributed by atoms with Gasteiger partial charge in [0.2, 0.25) is 5.91 Å². The molecule has 0 atom stereocenters. The van der Waals surface area contributed by atoms with Crippen molar-refractivity contribution in [2.75, 3.05) is 10.6 Å². The molecule has 2 aromatic heterocycles. The van der Waals surface area contributed by atoms with Crippen LogP contribution in [0.5, 0.6) is 0 Å². The number of nitrogens with zero attached hydrogens (tertiary/aromatic N) is 3. The summed E-state index contributed by atoms with van der Waals surface area (Å²) >= 11 is 0. The molecule has 7 heteroatoms. The highest BCUT2D eigenvalue weighted by Crippen LogP contribution is 2.16. The smallest absolute Gasteiger partial charge is 0.255 e. The molecule has 0 bridgehead atoms. The van der Waals surface area contributed by atoms with E-state index in [-0.39, 0.29) is 18.2 Å². The van der Waals surface area contributed by atoms with Gasteiger partial charge in [0.15, 0.2) is 0 Å². The summed E-state index contributed by atoms with van der Waals surface area (Å²) in [6.45, 7) is 1.91. The molecule has 0 aliphatic rings. The predicted molar refractivity (Wildman–Crippen MR) is 119 cm³/mol. The first-order chi connectivity index (χ1) is 15.1. The molecule has 7 nitrogen and oxygen atoms in total. The molecule has 4 rings (SSSR count). The number of amides is 2. The zero-order valence-corrected chi connectivity index (χ0v) is 16.9. The van der Waals surface area contributed by atoms with Crippen LogP contribution in [0.2, 0.25) is 0 Å². The van der Waals surface area contributed by atoms with Crippen LogP contribution in [-0.2, 0) is 11.2 Å². The predicted octanol–water partition coefficient (Wildman–Crippen LogP) is 4.01. The molecule has 31 heavy (non-hydrogen) atoms. The Balaban J connectivity index is 1.44. The van der Waals surface area contributed by atoms with Crippen molar-refractivity contribution < 1.29 is 9.59 Å². The van der Waals surface area contributed by atoms with E-state index in [0.29, 0.717) is 22.6 Å². The van der Waals surface area contributed by atoms with E-state index in [2.05, 4.69) is 20.7 Å². The number of carbonyl (C=O) groups is 2. The second kappa shape index (κ2) is 9.04. The van der Waals surface area contributed by atoms with Gasteiger partial charge in [0.05, 0.1) is 42.1 Å². The highest BCUT2D eigenvalue weighted by molar-refractivity contribution is 6.04. The van der Waals surface area contributed by atoms with Gasteiger partial charge >= 0.3 is 0 Å². The minimum atomic E-state index is -0.238. The van der Waals surface area contributed by atoms with Crippen molar-refractivity contribution >= 4 is 23.2 Å². The molecule has 0 saturated carbocycles. The van der Waals surface area contributed by atoms with Crippen LogP contribution < -0.4 is 10.6 Å². The number of hydrogen-bond acceptors (Lipinski definition) is 4.